The maximum atomic E-state index is 13.3. The highest BCUT2D eigenvalue weighted by Gasteiger charge is 2.42. The number of thiophene rings is 1. The molecule has 2 saturated carbocycles. The molecule has 2 aromatic rings. The van der Waals surface area contributed by atoms with Gasteiger partial charge in [0, 0.05) is 35.8 Å². The lowest BCUT2D eigenvalue weighted by Crippen LogP contribution is -2.43. The topological polar surface area (TPSA) is 67.8 Å². The molecule has 0 spiro atoms. The Labute approximate surface area is 193 Å². The molecule has 2 aliphatic carbocycles. The first-order valence-electron chi connectivity index (χ1n) is 12.1. The maximum absolute atomic E-state index is 13.3. The van der Waals surface area contributed by atoms with Crippen LogP contribution in [0, 0.1) is 17.8 Å². The van der Waals surface area contributed by atoms with Crippen molar-refractivity contribution in [3.63, 3.8) is 0 Å². The van der Waals surface area contributed by atoms with Crippen molar-refractivity contribution in [2.45, 2.75) is 63.7 Å². The lowest BCUT2D eigenvalue weighted by atomic mass is 9.80. The van der Waals surface area contributed by atoms with E-state index in [9.17, 15) is 9.90 Å². The molecule has 6 atom stereocenters. The summed E-state index contributed by atoms with van der Waals surface area (Å²) in [5.74, 6) is 1.70. The fourth-order valence-electron chi connectivity index (χ4n) is 6.04. The van der Waals surface area contributed by atoms with Gasteiger partial charge in [-0.1, -0.05) is 24.6 Å². The molecule has 6 heteroatoms. The minimum absolute atomic E-state index is 0.00350. The van der Waals surface area contributed by atoms with E-state index in [1.165, 1.54) is 34.9 Å². The summed E-state index contributed by atoms with van der Waals surface area (Å²) in [6.07, 6.45) is 7.84. The Balaban J connectivity index is 1.46. The van der Waals surface area contributed by atoms with E-state index in [1.54, 1.807) is 11.3 Å². The molecule has 2 N–H and O–H groups in total. The Bertz CT molecular complexity index is 985. The van der Waals surface area contributed by atoms with Crippen molar-refractivity contribution in [3.8, 4) is 0 Å². The number of nitrogens with one attached hydrogen (secondary N) is 1. The molecular formula is C26H33NO4S. The Morgan fingerprint density at radius 1 is 1.28 bits per heavy atom. The van der Waals surface area contributed by atoms with Crippen LogP contribution in [0.4, 0.5) is 0 Å². The predicted octanol–water partition coefficient (Wildman–Crippen LogP) is 4.96. The minimum atomic E-state index is -0.499. The molecule has 1 aliphatic heterocycles. The molecule has 2 fully saturated rings. The largest absolute Gasteiger partial charge is 0.459 e. The van der Waals surface area contributed by atoms with E-state index in [4.69, 9.17) is 9.47 Å². The van der Waals surface area contributed by atoms with Crippen LogP contribution in [0.15, 0.2) is 41.5 Å². The standard InChI is InChI=1S/C26H33NO4S/c1-2-30-26-19(7-5-11-28)20(21-15-32-24-8-4-3-6-18(21)24)14-23(31-26)25(29)27-22-13-16-9-10-17(22)12-16/h3-4,6,8,14-17,19-20,22,26,28H,2,5,7,9-13H2,1H3,(H,27,29)/t16?,17?,19-,20-,22?,26+/m0/s1. The third-order valence-corrected chi connectivity index (χ3v) is 8.54. The zero-order valence-electron chi connectivity index (χ0n) is 18.7. The lowest BCUT2D eigenvalue weighted by molar-refractivity contribution is -0.166. The van der Waals surface area contributed by atoms with Crippen LogP contribution in [0.2, 0.25) is 0 Å². The summed E-state index contributed by atoms with van der Waals surface area (Å²) < 4.78 is 13.4. The van der Waals surface area contributed by atoms with E-state index in [1.807, 2.05) is 13.0 Å². The summed E-state index contributed by atoms with van der Waals surface area (Å²) in [5, 5.41) is 16.2. The van der Waals surface area contributed by atoms with Crippen molar-refractivity contribution < 1.29 is 19.4 Å². The molecule has 1 amide bonds. The number of hydrogen-bond donors (Lipinski definition) is 2. The van der Waals surface area contributed by atoms with Crippen molar-refractivity contribution in [2.75, 3.05) is 13.2 Å². The number of hydrogen-bond acceptors (Lipinski definition) is 5. The van der Waals surface area contributed by atoms with Gasteiger partial charge in [-0.2, -0.15) is 0 Å². The third kappa shape index (κ3) is 4.20. The minimum Gasteiger partial charge on any atom is -0.459 e. The first kappa shape index (κ1) is 21.9. The quantitative estimate of drug-likeness (QED) is 0.591. The number of benzene rings is 1. The Morgan fingerprint density at radius 2 is 2.16 bits per heavy atom. The van der Waals surface area contributed by atoms with Crippen molar-refractivity contribution >= 4 is 27.3 Å². The van der Waals surface area contributed by atoms with Gasteiger partial charge in [0.1, 0.15) is 0 Å². The molecule has 5 rings (SSSR count). The van der Waals surface area contributed by atoms with E-state index >= 15 is 0 Å². The summed E-state index contributed by atoms with van der Waals surface area (Å²) in [5.41, 5.74) is 1.21. The molecule has 1 aromatic carbocycles. The zero-order valence-corrected chi connectivity index (χ0v) is 19.5. The molecule has 3 aliphatic rings. The number of rotatable bonds is 8. The van der Waals surface area contributed by atoms with E-state index in [-0.39, 0.29) is 30.4 Å². The van der Waals surface area contributed by atoms with E-state index in [0.29, 0.717) is 24.7 Å². The molecule has 0 saturated heterocycles. The number of ether oxygens (including phenoxy) is 2. The summed E-state index contributed by atoms with van der Waals surface area (Å²) in [4.78, 5) is 13.3. The first-order chi connectivity index (χ1) is 15.7. The van der Waals surface area contributed by atoms with E-state index < -0.39 is 6.29 Å². The van der Waals surface area contributed by atoms with Crippen molar-refractivity contribution in [1.82, 2.24) is 5.32 Å². The number of carbonyl (C=O) groups excluding carboxylic acids is 1. The molecule has 0 radical (unpaired) electrons. The average Bonchev–Trinajstić information content (AvgIpc) is 3.53. The highest BCUT2D eigenvalue weighted by atomic mass is 32.1. The lowest BCUT2D eigenvalue weighted by Gasteiger charge is -2.37. The molecule has 172 valence electrons. The number of aliphatic hydroxyl groups excluding tert-OH is 1. The molecule has 3 unspecified atom stereocenters. The second-order valence-electron chi connectivity index (χ2n) is 9.47. The van der Waals surface area contributed by atoms with Crippen LogP contribution < -0.4 is 5.32 Å². The Kier molecular flexibility index (Phi) is 6.54. The van der Waals surface area contributed by atoms with Crippen molar-refractivity contribution in [3.05, 3.63) is 47.0 Å². The van der Waals surface area contributed by atoms with E-state index in [2.05, 4.69) is 35.0 Å². The molecule has 2 bridgehead atoms. The number of allylic oxidation sites excluding steroid dienone is 1. The van der Waals surface area contributed by atoms with Crippen molar-refractivity contribution in [1.29, 1.82) is 0 Å². The Hall–Kier alpha value is -1.89. The SMILES string of the molecule is CCO[C@@H]1OC(C(=O)NC2CC3CCC2C3)=C[C@H](c2csc3ccccc23)[C@@H]1CCCO. The van der Waals surface area contributed by atoms with Gasteiger partial charge in [-0.25, -0.2) is 0 Å². The van der Waals surface area contributed by atoms with Gasteiger partial charge >= 0.3 is 0 Å². The third-order valence-electron chi connectivity index (χ3n) is 7.56. The smallest absolute Gasteiger partial charge is 0.286 e. The van der Waals surface area contributed by atoms with Gasteiger partial charge in [-0.05, 0) is 79.3 Å². The van der Waals surface area contributed by atoms with Crippen LogP contribution in [-0.2, 0) is 14.3 Å². The average molecular weight is 456 g/mol. The van der Waals surface area contributed by atoms with Crippen LogP contribution in [0.3, 0.4) is 0 Å². The van der Waals surface area contributed by atoms with Crippen LogP contribution in [0.1, 0.15) is 56.9 Å². The van der Waals surface area contributed by atoms with Crippen LogP contribution in [0.5, 0.6) is 0 Å². The molecule has 5 nitrogen and oxygen atoms in total. The van der Waals surface area contributed by atoms with Gasteiger partial charge in [0.2, 0.25) is 6.29 Å². The van der Waals surface area contributed by atoms with Gasteiger partial charge in [0.05, 0.1) is 0 Å². The zero-order chi connectivity index (χ0) is 22.1. The van der Waals surface area contributed by atoms with Crippen LogP contribution in [0.25, 0.3) is 10.1 Å². The molecular weight excluding hydrogens is 422 g/mol. The van der Waals surface area contributed by atoms with Crippen LogP contribution in [-0.4, -0.2) is 36.6 Å². The fourth-order valence-corrected chi connectivity index (χ4v) is 7.05. The van der Waals surface area contributed by atoms with Gasteiger partial charge in [-0.15, -0.1) is 11.3 Å². The summed E-state index contributed by atoms with van der Waals surface area (Å²) in [6.45, 7) is 2.60. The van der Waals surface area contributed by atoms with Gasteiger partial charge in [-0.3, -0.25) is 4.79 Å². The monoisotopic (exact) mass is 455 g/mol. The normalized spacial score (nSPS) is 31.5. The highest BCUT2D eigenvalue weighted by Crippen LogP contribution is 2.46. The number of amides is 1. The summed E-state index contributed by atoms with van der Waals surface area (Å²) in [7, 11) is 0. The second-order valence-corrected chi connectivity index (χ2v) is 10.4. The van der Waals surface area contributed by atoms with E-state index in [0.717, 1.165) is 18.8 Å². The number of aliphatic hydroxyl groups is 1. The number of fused-ring (bicyclic) bond motifs is 3. The highest BCUT2D eigenvalue weighted by molar-refractivity contribution is 7.17. The van der Waals surface area contributed by atoms with Gasteiger partial charge in [0.15, 0.2) is 5.76 Å². The fraction of sp³-hybridized carbons (Fsp3) is 0.577. The van der Waals surface area contributed by atoms with Gasteiger partial charge < -0.3 is 19.9 Å². The maximum Gasteiger partial charge on any atom is 0.286 e. The molecule has 32 heavy (non-hydrogen) atoms. The molecule has 1 aromatic heterocycles. The predicted molar refractivity (Wildman–Crippen MR) is 126 cm³/mol. The summed E-state index contributed by atoms with van der Waals surface area (Å²) >= 11 is 1.73. The van der Waals surface area contributed by atoms with Crippen molar-refractivity contribution in [2.24, 2.45) is 17.8 Å². The Morgan fingerprint density at radius 3 is 2.91 bits per heavy atom. The first-order valence-corrected chi connectivity index (χ1v) is 12.9. The summed E-state index contributed by atoms with van der Waals surface area (Å²) in [6, 6.07) is 8.68. The molecule has 2 heterocycles. The second kappa shape index (κ2) is 9.54. The number of carbonyl (C=O) groups is 1. The van der Waals surface area contributed by atoms with Crippen LogP contribution >= 0.6 is 11.3 Å². The van der Waals surface area contributed by atoms with Gasteiger partial charge in [0.25, 0.3) is 5.91 Å².